The molecule has 2 aliphatic carbocycles. The topological polar surface area (TPSA) is 4.44 Å². The highest BCUT2D eigenvalue weighted by atomic mass is 79.9. The molecule has 88 valence electrons. The Morgan fingerprint density at radius 2 is 1.87 bits per heavy atom. The molecular weight excluding hydrogens is 250 g/mol. The Morgan fingerprint density at radius 1 is 1.27 bits per heavy atom. The largest absolute Gasteiger partial charge is 0.340 e. The van der Waals surface area contributed by atoms with Gasteiger partial charge in [0.25, 0.3) is 0 Å². The number of alkyl halides is 1. The minimum Gasteiger partial charge on any atom is -0.340 e. The fraction of sp³-hybridized carbons (Fsp3) is 1.00. The number of hydrogen-bond donors (Lipinski definition) is 1. The van der Waals surface area contributed by atoms with Crippen molar-refractivity contribution in [1.29, 1.82) is 0 Å². The summed E-state index contributed by atoms with van der Waals surface area (Å²) in [6.45, 7) is 8.74. The maximum atomic E-state index is 3.99. The molecule has 15 heavy (non-hydrogen) atoms. The molecule has 2 aliphatic rings. The monoisotopic (exact) mass is 274 g/mol. The summed E-state index contributed by atoms with van der Waals surface area (Å²) in [5, 5.41) is 0. The van der Waals surface area contributed by atoms with E-state index in [0.717, 1.165) is 11.8 Å². The van der Waals surface area contributed by atoms with E-state index >= 15 is 0 Å². The van der Waals surface area contributed by atoms with Gasteiger partial charge in [-0.25, -0.2) is 0 Å². The van der Waals surface area contributed by atoms with Crippen molar-refractivity contribution in [2.45, 2.75) is 38.4 Å². The number of hydrogen-bond acceptors (Lipinski definition) is 0. The second kappa shape index (κ2) is 3.46. The van der Waals surface area contributed by atoms with E-state index in [4.69, 9.17) is 0 Å². The van der Waals surface area contributed by atoms with Gasteiger partial charge in [-0.05, 0) is 29.6 Å². The first-order valence-electron chi connectivity index (χ1n) is 6.21. The standard InChI is InChI=1S/C13H24BrN/c1-12(2)9-6-10(8-15(4)5)13(3,7-9)11(12)14/h9-11H,6-8H2,1-5H3/p+1. The molecule has 0 amide bonds. The van der Waals surface area contributed by atoms with Crippen molar-refractivity contribution in [3.05, 3.63) is 0 Å². The van der Waals surface area contributed by atoms with Crippen molar-refractivity contribution >= 4 is 15.9 Å². The molecule has 2 saturated carbocycles. The summed E-state index contributed by atoms with van der Waals surface area (Å²) in [4.78, 5) is 2.31. The van der Waals surface area contributed by atoms with Gasteiger partial charge in [-0.3, -0.25) is 0 Å². The molecule has 0 aromatic rings. The first-order chi connectivity index (χ1) is 6.78. The van der Waals surface area contributed by atoms with Crippen LogP contribution < -0.4 is 4.90 Å². The number of nitrogens with one attached hydrogen (secondary N) is 1. The Labute approximate surface area is 103 Å². The lowest BCUT2D eigenvalue weighted by atomic mass is 9.67. The van der Waals surface area contributed by atoms with E-state index in [2.05, 4.69) is 50.8 Å². The zero-order valence-electron chi connectivity index (χ0n) is 10.7. The van der Waals surface area contributed by atoms with Crippen molar-refractivity contribution in [2.24, 2.45) is 22.7 Å². The Morgan fingerprint density at radius 3 is 2.27 bits per heavy atom. The first-order valence-corrected chi connectivity index (χ1v) is 7.13. The number of fused-ring (bicyclic) bond motifs is 2. The molecule has 0 aromatic carbocycles. The molecular formula is C13H25BrN+. The fourth-order valence-corrected chi connectivity index (χ4v) is 5.07. The molecule has 0 saturated heterocycles. The van der Waals surface area contributed by atoms with Gasteiger partial charge in [-0.2, -0.15) is 0 Å². The summed E-state index contributed by atoms with van der Waals surface area (Å²) < 4.78 is 0. The highest BCUT2D eigenvalue weighted by Gasteiger charge is 2.63. The molecule has 0 radical (unpaired) electrons. The van der Waals surface area contributed by atoms with Crippen molar-refractivity contribution in [1.82, 2.24) is 0 Å². The summed E-state index contributed by atoms with van der Waals surface area (Å²) in [7, 11) is 4.56. The van der Waals surface area contributed by atoms with Gasteiger partial charge >= 0.3 is 0 Å². The van der Waals surface area contributed by atoms with Gasteiger partial charge in [0.2, 0.25) is 0 Å². The lowest BCUT2D eigenvalue weighted by Crippen LogP contribution is -3.06. The average molecular weight is 275 g/mol. The number of halogens is 1. The molecule has 4 atom stereocenters. The van der Waals surface area contributed by atoms with Crippen LogP contribution in [0.3, 0.4) is 0 Å². The minimum absolute atomic E-state index is 0.507. The van der Waals surface area contributed by atoms with E-state index in [1.165, 1.54) is 19.4 Å². The lowest BCUT2D eigenvalue weighted by molar-refractivity contribution is -0.863. The minimum atomic E-state index is 0.507. The molecule has 0 heterocycles. The first kappa shape index (κ1) is 11.9. The third kappa shape index (κ3) is 1.59. The second-order valence-electron chi connectivity index (χ2n) is 6.93. The molecule has 2 fully saturated rings. The van der Waals surface area contributed by atoms with Crippen LogP contribution in [0.25, 0.3) is 0 Å². The van der Waals surface area contributed by atoms with Crippen molar-refractivity contribution in [2.75, 3.05) is 20.6 Å². The second-order valence-corrected chi connectivity index (χ2v) is 7.85. The highest BCUT2D eigenvalue weighted by molar-refractivity contribution is 9.09. The van der Waals surface area contributed by atoms with Crippen molar-refractivity contribution < 1.29 is 4.90 Å². The Bertz CT molecular complexity index is 261. The normalized spacial score (nSPS) is 47.8. The van der Waals surface area contributed by atoms with E-state index in [0.29, 0.717) is 15.7 Å². The van der Waals surface area contributed by atoms with Crippen LogP contribution in [0.15, 0.2) is 0 Å². The van der Waals surface area contributed by atoms with Crippen LogP contribution in [0.5, 0.6) is 0 Å². The van der Waals surface area contributed by atoms with Crippen LogP contribution in [0, 0.1) is 22.7 Å². The quantitative estimate of drug-likeness (QED) is 0.735. The molecule has 0 aromatic heterocycles. The van der Waals surface area contributed by atoms with Gasteiger partial charge in [-0.15, -0.1) is 0 Å². The van der Waals surface area contributed by atoms with Gasteiger partial charge in [0.15, 0.2) is 0 Å². The highest BCUT2D eigenvalue weighted by Crippen LogP contribution is 2.67. The molecule has 0 spiro atoms. The summed E-state index contributed by atoms with van der Waals surface area (Å²) in [5.41, 5.74) is 1.05. The van der Waals surface area contributed by atoms with Crippen LogP contribution in [0.4, 0.5) is 0 Å². The predicted molar refractivity (Wildman–Crippen MR) is 68.5 cm³/mol. The van der Waals surface area contributed by atoms with Crippen molar-refractivity contribution in [3.63, 3.8) is 0 Å². The van der Waals surface area contributed by atoms with E-state index in [-0.39, 0.29) is 0 Å². The molecule has 0 aliphatic heterocycles. The Hall–Kier alpha value is 0.440. The Balaban J connectivity index is 2.19. The summed E-state index contributed by atoms with van der Waals surface area (Å²) in [6, 6.07) is 0. The third-order valence-electron chi connectivity index (χ3n) is 5.13. The predicted octanol–water partition coefficient (Wildman–Crippen LogP) is 1.97. The van der Waals surface area contributed by atoms with Gasteiger partial charge in [0.05, 0.1) is 20.6 Å². The third-order valence-corrected chi connectivity index (χ3v) is 7.35. The molecule has 2 bridgehead atoms. The lowest BCUT2D eigenvalue weighted by Gasteiger charge is -2.44. The Kier molecular flexibility index (Phi) is 2.75. The zero-order valence-corrected chi connectivity index (χ0v) is 12.3. The van der Waals surface area contributed by atoms with E-state index in [1.807, 2.05) is 0 Å². The SMILES string of the molecule is C[NH+](C)CC1CC2CC1(C)C(Br)C2(C)C. The van der Waals surface area contributed by atoms with Crippen LogP contribution >= 0.6 is 15.9 Å². The molecule has 2 rings (SSSR count). The molecule has 1 N–H and O–H groups in total. The van der Waals surface area contributed by atoms with Gasteiger partial charge in [-0.1, -0.05) is 36.7 Å². The summed E-state index contributed by atoms with van der Waals surface area (Å²) in [6.07, 6.45) is 2.89. The van der Waals surface area contributed by atoms with Gasteiger partial charge in [0.1, 0.15) is 0 Å². The summed E-state index contributed by atoms with van der Waals surface area (Å²) in [5.74, 6) is 1.86. The van der Waals surface area contributed by atoms with E-state index in [1.54, 1.807) is 4.90 Å². The van der Waals surface area contributed by atoms with Gasteiger partial charge in [0, 0.05) is 10.7 Å². The van der Waals surface area contributed by atoms with E-state index in [9.17, 15) is 0 Å². The van der Waals surface area contributed by atoms with Crippen LogP contribution in [0.1, 0.15) is 33.6 Å². The zero-order chi connectivity index (χ0) is 11.4. The molecule has 1 nitrogen and oxygen atoms in total. The number of quaternary nitrogens is 1. The van der Waals surface area contributed by atoms with Crippen molar-refractivity contribution in [3.8, 4) is 0 Å². The van der Waals surface area contributed by atoms with Crippen LogP contribution in [-0.2, 0) is 0 Å². The maximum Gasteiger partial charge on any atom is 0.0801 e. The number of rotatable bonds is 2. The van der Waals surface area contributed by atoms with Crippen LogP contribution in [0.2, 0.25) is 0 Å². The van der Waals surface area contributed by atoms with Crippen LogP contribution in [-0.4, -0.2) is 25.5 Å². The smallest absolute Gasteiger partial charge is 0.0801 e. The molecule has 4 unspecified atom stereocenters. The molecule has 2 heteroatoms. The summed E-state index contributed by atoms with van der Waals surface area (Å²) >= 11 is 3.99. The van der Waals surface area contributed by atoms with E-state index < -0.39 is 0 Å². The average Bonchev–Trinajstić information content (AvgIpc) is 2.49. The maximum absolute atomic E-state index is 3.99. The van der Waals surface area contributed by atoms with Gasteiger partial charge < -0.3 is 4.90 Å². The fourth-order valence-electron chi connectivity index (χ4n) is 4.14.